The minimum absolute atomic E-state index is 0.290. The van der Waals surface area contributed by atoms with Crippen molar-refractivity contribution >= 4 is 11.6 Å². The first-order valence-corrected chi connectivity index (χ1v) is 5.14. The summed E-state index contributed by atoms with van der Waals surface area (Å²) >= 11 is 0. The van der Waals surface area contributed by atoms with Crippen LogP contribution in [0.2, 0.25) is 0 Å². The van der Waals surface area contributed by atoms with Crippen LogP contribution in [-0.2, 0) is 0 Å². The first-order chi connectivity index (χ1) is 8.17. The summed E-state index contributed by atoms with van der Waals surface area (Å²) in [5, 5.41) is 19.0. The summed E-state index contributed by atoms with van der Waals surface area (Å²) in [7, 11) is 1.48. The van der Waals surface area contributed by atoms with Gasteiger partial charge in [-0.1, -0.05) is 0 Å². The Morgan fingerprint density at radius 2 is 2.06 bits per heavy atom. The molecule has 1 aromatic rings. The molecule has 2 unspecified atom stereocenters. The van der Waals surface area contributed by atoms with Gasteiger partial charge in [0.2, 0.25) is 5.75 Å². The summed E-state index contributed by atoms with van der Waals surface area (Å²) in [5.41, 5.74) is 2.41. The molecule has 1 aliphatic rings. The van der Waals surface area contributed by atoms with Crippen LogP contribution in [0.1, 0.15) is 0 Å². The second-order valence-electron chi connectivity index (χ2n) is 3.76. The fourth-order valence-corrected chi connectivity index (χ4v) is 1.82. The van der Waals surface area contributed by atoms with Gasteiger partial charge in [-0.15, -0.1) is 0 Å². The number of aliphatic hydroxyl groups is 2. The van der Waals surface area contributed by atoms with Gasteiger partial charge in [0, 0.05) is 13.1 Å². The number of anilines is 2. The lowest BCUT2D eigenvalue weighted by atomic mass is 10.3. The predicted molar refractivity (Wildman–Crippen MR) is 60.6 cm³/mol. The fraction of sp³-hybridized carbons (Fsp3) is 0.556. The number of hydrogen-bond acceptors (Lipinski definition) is 8. The van der Waals surface area contributed by atoms with E-state index in [4.69, 9.17) is 10.6 Å². The van der Waals surface area contributed by atoms with Crippen LogP contribution in [0.3, 0.4) is 0 Å². The number of hydrogen-bond donors (Lipinski definition) is 4. The molecule has 5 N–H and O–H groups in total. The highest BCUT2D eigenvalue weighted by Gasteiger charge is 2.32. The van der Waals surface area contributed by atoms with Gasteiger partial charge in [0.1, 0.15) is 6.33 Å². The molecule has 94 valence electrons. The smallest absolute Gasteiger partial charge is 0.205 e. The zero-order chi connectivity index (χ0) is 12.4. The van der Waals surface area contributed by atoms with Gasteiger partial charge in [0.05, 0.1) is 19.3 Å². The lowest BCUT2D eigenvalue weighted by molar-refractivity contribution is 0.0572. The van der Waals surface area contributed by atoms with Gasteiger partial charge in [-0.2, -0.15) is 0 Å². The van der Waals surface area contributed by atoms with Gasteiger partial charge in [0.25, 0.3) is 0 Å². The second-order valence-corrected chi connectivity index (χ2v) is 3.76. The molecule has 0 aliphatic carbocycles. The van der Waals surface area contributed by atoms with E-state index >= 15 is 0 Å². The molecule has 0 saturated carbocycles. The maximum atomic E-state index is 9.50. The van der Waals surface area contributed by atoms with E-state index in [9.17, 15) is 10.2 Å². The number of β-amino-alcohol motifs (C(OH)–C–C–N with tert-alkyl or cyclic N) is 2. The first kappa shape index (κ1) is 11.8. The Morgan fingerprint density at radius 3 is 2.59 bits per heavy atom. The molecular formula is C9H15N5O3. The highest BCUT2D eigenvalue weighted by atomic mass is 16.5. The van der Waals surface area contributed by atoms with Crippen molar-refractivity contribution in [2.24, 2.45) is 5.84 Å². The quantitative estimate of drug-likeness (QED) is 0.366. The Bertz CT molecular complexity index is 392. The summed E-state index contributed by atoms with van der Waals surface area (Å²) < 4.78 is 5.18. The van der Waals surface area contributed by atoms with Crippen LogP contribution in [0.15, 0.2) is 6.33 Å². The molecule has 1 fully saturated rings. The number of nitrogens with two attached hydrogens (primary N) is 1. The summed E-state index contributed by atoms with van der Waals surface area (Å²) in [4.78, 5) is 9.71. The van der Waals surface area contributed by atoms with E-state index in [1.165, 1.54) is 13.4 Å². The van der Waals surface area contributed by atoms with Crippen molar-refractivity contribution in [1.82, 2.24) is 9.97 Å². The van der Waals surface area contributed by atoms with Crippen LogP contribution in [-0.4, -0.2) is 52.6 Å². The maximum absolute atomic E-state index is 9.50. The third kappa shape index (κ3) is 2.09. The number of rotatable bonds is 3. The highest BCUT2D eigenvalue weighted by Crippen LogP contribution is 2.33. The minimum Gasteiger partial charge on any atom is -0.490 e. The average Bonchev–Trinajstić information content (AvgIpc) is 2.68. The number of nitrogen functional groups attached to an aromatic ring is 1. The zero-order valence-corrected chi connectivity index (χ0v) is 9.37. The van der Waals surface area contributed by atoms with Crippen LogP contribution in [0.5, 0.6) is 5.75 Å². The summed E-state index contributed by atoms with van der Waals surface area (Å²) in [6.07, 6.45) is -0.239. The molecule has 2 atom stereocenters. The molecule has 0 spiro atoms. The number of nitrogens with zero attached hydrogens (tertiary/aromatic N) is 3. The number of nitrogens with one attached hydrogen (secondary N) is 1. The predicted octanol–water partition coefficient (Wildman–Crippen LogP) is -1.69. The van der Waals surface area contributed by atoms with Gasteiger partial charge in [-0.25, -0.2) is 15.8 Å². The van der Waals surface area contributed by atoms with E-state index in [1.54, 1.807) is 4.90 Å². The normalized spacial score (nSPS) is 23.9. The number of aromatic nitrogens is 2. The van der Waals surface area contributed by atoms with Crippen molar-refractivity contribution in [3.8, 4) is 5.75 Å². The lowest BCUT2D eigenvalue weighted by Crippen LogP contribution is -2.24. The highest BCUT2D eigenvalue weighted by molar-refractivity contribution is 5.64. The number of aliphatic hydroxyl groups excluding tert-OH is 2. The Labute approximate surface area is 98.0 Å². The average molecular weight is 241 g/mol. The molecule has 0 aromatic carbocycles. The Morgan fingerprint density at radius 1 is 1.41 bits per heavy atom. The summed E-state index contributed by atoms with van der Waals surface area (Å²) in [6.45, 7) is 0.580. The van der Waals surface area contributed by atoms with Gasteiger partial charge < -0.3 is 25.3 Å². The third-order valence-electron chi connectivity index (χ3n) is 2.68. The van der Waals surface area contributed by atoms with E-state index in [1.807, 2.05) is 0 Å². The molecular weight excluding hydrogens is 226 g/mol. The third-order valence-corrected chi connectivity index (χ3v) is 2.68. The van der Waals surface area contributed by atoms with Gasteiger partial charge >= 0.3 is 0 Å². The molecule has 0 amide bonds. The number of hydrazine groups is 1. The summed E-state index contributed by atoms with van der Waals surface area (Å²) in [6, 6.07) is 0. The van der Waals surface area contributed by atoms with Crippen LogP contribution < -0.4 is 20.9 Å². The zero-order valence-electron chi connectivity index (χ0n) is 9.37. The Balaban J connectivity index is 2.32. The van der Waals surface area contributed by atoms with Crippen molar-refractivity contribution in [3.05, 3.63) is 6.33 Å². The molecule has 0 radical (unpaired) electrons. The Hall–Kier alpha value is -1.64. The molecule has 2 rings (SSSR count). The van der Waals surface area contributed by atoms with Crippen LogP contribution >= 0.6 is 0 Å². The molecule has 17 heavy (non-hydrogen) atoms. The molecule has 2 heterocycles. The lowest BCUT2D eigenvalue weighted by Gasteiger charge is -2.19. The topological polar surface area (TPSA) is 117 Å². The molecule has 0 bridgehead atoms. The standard InChI is InChI=1S/C9H15N5O3/c1-17-7-8(13-10)11-4-12-9(7)14-2-5(15)6(16)3-14/h4-6,15-16H,2-3,10H2,1H3,(H,11,12,13). The van der Waals surface area contributed by atoms with E-state index in [0.29, 0.717) is 30.5 Å². The van der Waals surface area contributed by atoms with Crippen molar-refractivity contribution in [2.75, 3.05) is 30.5 Å². The van der Waals surface area contributed by atoms with Crippen molar-refractivity contribution < 1.29 is 14.9 Å². The number of methoxy groups -OCH3 is 1. The molecule has 1 aromatic heterocycles. The molecule has 1 saturated heterocycles. The Kier molecular flexibility index (Phi) is 3.27. The molecule has 1 aliphatic heterocycles. The van der Waals surface area contributed by atoms with Crippen LogP contribution in [0.25, 0.3) is 0 Å². The maximum Gasteiger partial charge on any atom is 0.205 e. The monoisotopic (exact) mass is 241 g/mol. The van der Waals surface area contributed by atoms with E-state index in [2.05, 4.69) is 15.4 Å². The number of ether oxygens (including phenoxy) is 1. The SMILES string of the molecule is COc1c(NN)ncnc1N1CC(O)C(O)C1. The molecule has 8 nitrogen and oxygen atoms in total. The van der Waals surface area contributed by atoms with Gasteiger partial charge in [0.15, 0.2) is 11.6 Å². The van der Waals surface area contributed by atoms with Crippen molar-refractivity contribution in [1.29, 1.82) is 0 Å². The van der Waals surface area contributed by atoms with Crippen molar-refractivity contribution in [2.45, 2.75) is 12.2 Å². The molecule has 8 heteroatoms. The summed E-state index contributed by atoms with van der Waals surface area (Å²) in [5.74, 6) is 6.54. The van der Waals surface area contributed by atoms with Gasteiger partial charge in [-0.3, -0.25) is 0 Å². The van der Waals surface area contributed by atoms with E-state index < -0.39 is 12.2 Å². The van der Waals surface area contributed by atoms with Gasteiger partial charge in [-0.05, 0) is 0 Å². The van der Waals surface area contributed by atoms with Crippen LogP contribution in [0.4, 0.5) is 11.6 Å². The fourth-order valence-electron chi connectivity index (χ4n) is 1.82. The van der Waals surface area contributed by atoms with E-state index in [-0.39, 0.29) is 0 Å². The van der Waals surface area contributed by atoms with Crippen LogP contribution in [0, 0.1) is 0 Å². The van der Waals surface area contributed by atoms with E-state index in [0.717, 1.165) is 0 Å². The first-order valence-electron chi connectivity index (χ1n) is 5.14. The second kappa shape index (κ2) is 4.70. The largest absolute Gasteiger partial charge is 0.490 e. The minimum atomic E-state index is -0.788. The van der Waals surface area contributed by atoms with Crippen molar-refractivity contribution in [3.63, 3.8) is 0 Å².